The number of rotatable bonds is 3. The van der Waals surface area contributed by atoms with Gasteiger partial charge in [-0.15, -0.1) is 0 Å². The molecule has 0 spiro atoms. The Kier molecular flexibility index (Phi) is 4.80. The normalized spacial score (nSPS) is 16.6. The van der Waals surface area contributed by atoms with Crippen LogP contribution in [0.2, 0.25) is 0 Å². The third kappa shape index (κ3) is 3.62. The molecule has 1 heterocycles. The summed E-state index contributed by atoms with van der Waals surface area (Å²) < 4.78 is 0. The average molecular weight is 270 g/mol. The van der Waals surface area contributed by atoms with Gasteiger partial charge in [-0.2, -0.15) is 0 Å². The van der Waals surface area contributed by atoms with Crippen LogP contribution in [-0.2, 0) is 4.79 Å². The lowest BCUT2D eigenvalue weighted by Crippen LogP contribution is -2.39. The Balaban J connectivity index is 1.98. The highest BCUT2D eigenvalue weighted by atomic mass is 16.2. The highest BCUT2D eigenvalue weighted by molar-refractivity contribution is 5.97. The van der Waals surface area contributed by atoms with Gasteiger partial charge in [0.1, 0.15) is 0 Å². The molecule has 0 atom stereocenters. The van der Waals surface area contributed by atoms with Gasteiger partial charge in [0.25, 0.3) is 0 Å². The molecule has 0 radical (unpaired) electrons. The maximum atomic E-state index is 12.3. The van der Waals surface area contributed by atoms with Crippen LogP contribution >= 0.6 is 0 Å². The first-order chi connectivity index (χ1) is 9.70. The van der Waals surface area contributed by atoms with Crippen LogP contribution in [-0.4, -0.2) is 29.9 Å². The molecule has 1 aliphatic heterocycles. The number of likely N-dealkylation sites (tertiary alicyclic amines) is 1. The topological polar surface area (TPSA) is 69.1 Å². The summed E-state index contributed by atoms with van der Waals surface area (Å²) in [7, 11) is 0. The van der Waals surface area contributed by atoms with Crippen LogP contribution in [0.4, 0.5) is 0 Å². The summed E-state index contributed by atoms with van der Waals surface area (Å²) in [6.45, 7) is 3.15. The average Bonchev–Trinajstić information content (AvgIpc) is 2.48. The maximum Gasteiger partial charge on any atom is 0.249 e. The zero-order valence-electron chi connectivity index (χ0n) is 11.6. The van der Waals surface area contributed by atoms with Crippen molar-refractivity contribution in [3.8, 4) is 0 Å². The molecule has 2 rings (SSSR count). The number of carbonyl (C=O) groups excluding carboxylic acids is 1. The molecule has 104 valence electrons. The minimum absolute atomic E-state index is 0.0301. The second kappa shape index (κ2) is 6.78. The lowest BCUT2D eigenvalue weighted by Gasteiger charge is -2.30. The molecule has 1 aromatic rings. The molecule has 1 fully saturated rings. The molecule has 1 amide bonds. The van der Waals surface area contributed by atoms with Gasteiger partial charge in [-0.05, 0) is 36.9 Å². The van der Waals surface area contributed by atoms with Crippen molar-refractivity contribution in [1.82, 2.24) is 4.90 Å². The number of amides is 1. The zero-order chi connectivity index (χ0) is 14.4. The lowest BCUT2D eigenvalue weighted by molar-refractivity contribution is -0.127. The molecule has 1 aromatic carbocycles. The molecule has 5 heteroatoms. The molecule has 1 aliphatic rings. The number of benzene rings is 1. The van der Waals surface area contributed by atoms with E-state index in [-0.39, 0.29) is 11.9 Å². The van der Waals surface area contributed by atoms with Crippen molar-refractivity contribution in [3.63, 3.8) is 0 Å². The van der Waals surface area contributed by atoms with E-state index in [9.17, 15) is 4.79 Å². The van der Waals surface area contributed by atoms with Crippen LogP contribution in [0.25, 0.3) is 16.5 Å². The number of nitrogens with zero attached hydrogens (tertiary/aromatic N) is 4. The van der Waals surface area contributed by atoms with Crippen molar-refractivity contribution >= 4 is 12.0 Å². The second-order valence-electron chi connectivity index (χ2n) is 4.97. The number of azide groups is 1. The minimum atomic E-state index is 0.0301. The number of carbonyl (C=O) groups is 1. The van der Waals surface area contributed by atoms with E-state index in [4.69, 9.17) is 5.53 Å². The van der Waals surface area contributed by atoms with E-state index in [1.807, 2.05) is 48.2 Å². The van der Waals surface area contributed by atoms with E-state index in [2.05, 4.69) is 10.0 Å². The molecular formula is C15H18N4O. The molecule has 5 nitrogen and oxygen atoms in total. The first-order valence-electron chi connectivity index (χ1n) is 6.77. The third-order valence-electron chi connectivity index (χ3n) is 3.49. The van der Waals surface area contributed by atoms with Crippen LogP contribution in [0.1, 0.15) is 25.3 Å². The molecule has 0 bridgehead atoms. The molecule has 0 N–H and O–H groups in total. The monoisotopic (exact) mass is 270 g/mol. The smallest absolute Gasteiger partial charge is 0.249 e. The summed E-state index contributed by atoms with van der Waals surface area (Å²) in [6.07, 6.45) is 3.39. The van der Waals surface area contributed by atoms with Crippen molar-refractivity contribution in [2.24, 2.45) is 5.11 Å². The van der Waals surface area contributed by atoms with Crippen molar-refractivity contribution in [3.05, 3.63) is 51.9 Å². The predicted molar refractivity (Wildman–Crippen MR) is 78.8 cm³/mol. The number of piperidine rings is 1. The summed E-state index contributed by atoms with van der Waals surface area (Å²) in [5.41, 5.74) is 10.2. The fourth-order valence-electron chi connectivity index (χ4n) is 2.37. The van der Waals surface area contributed by atoms with Gasteiger partial charge in [-0.1, -0.05) is 35.4 Å². The molecule has 0 unspecified atom stereocenters. The largest absolute Gasteiger partial charge is 0.339 e. The van der Waals surface area contributed by atoms with Gasteiger partial charge >= 0.3 is 0 Å². The fourth-order valence-corrected chi connectivity index (χ4v) is 2.37. The second-order valence-corrected chi connectivity index (χ2v) is 4.97. The van der Waals surface area contributed by atoms with Gasteiger partial charge in [0.2, 0.25) is 5.91 Å². The van der Waals surface area contributed by atoms with Crippen LogP contribution < -0.4 is 0 Å². The standard InChI is InChI=1S/C15H18N4O/c1-12(11-13-5-3-2-4-6-13)15(20)19-9-7-14(8-10-19)17-18-16/h2-6,11,14H,7-10H2,1H3/b12-11+. The molecule has 1 saturated heterocycles. The van der Waals surface area contributed by atoms with Crippen LogP contribution in [0.3, 0.4) is 0 Å². The maximum absolute atomic E-state index is 12.3. The Labute approximate surface area is 118 Å². The quantitative estimate of drug-likeness (QED) is 0.359. The van der Waals surface area contributed by atoms with Gasteiger partial charge in [-0.25, -0.2) is 0 Å². The Bertz CT molecular complexity index is 538. The summed E-state index contributed by atoms with van der Waals surface area (Å²) in [4.78, 5) is 17.0. The van der Waals surface area contributed by atoms with E-state index in [1.165, 1.54) is 0 Å². The van der Waals surface area contributed by atoms with Gasteiger partial charge in [0, 0.05) is 29.6 Å². The first kappa shape index (κ1) is 14.2. The number of hydrogen-bond donors (Lipinski definition) is 0. The van der Waals surface area contributed by atoms with Crippen LogP contribution in [0, 0.1) is 0 Å². The fraction of sp³-hybridized carbons (Fsp3) is 0.400. The first-order valence-corrected chi connectivity index (χ1v) is 6.77. The van der Waals surface area contributed by atoms with Gasteiger partial charge in [-0.3, -0.25) is 4.79 Å². The Morgan fingerprint density at radius 2 is 2.00 bits per heavy atom. The Hall–Kier alpha value is -2.26. The van der Waals surface area contributed by atoms with Gasteiger partial charge in [0.05, 0.1) is 0 Å². The van der Waals surface area contributed by atoms with Gasteiger partial charge < -0.3 is 4.90 Å². The SMILES string of the molecule is C/C(=C\c1ccccc1)C(=O)N1CCC(N=[N+]=[N-])CC1. The van der Waals surface area contributed by atoms with E-state index in [0.717, 1.165) is 24.0 Å². The molecular weight excluding hydrogens is 252 g/mol. The van der Waals surface area contributed by atoms with Crippen molar-refractivity contribution in [1.29, 1.82) is 0 Å². The van der Waals surface area contributed by atoms with Crippen molar-refractivity contribution in [2.75, 3.05) is 13.1 Å². The van der Waals surface area contributed by atoms with Crippen molar-refractivity contribution in [2.45, 2.75) is 25.8 Å². The minimum Gasteiger partial charge on any atom is -0.339 e. The Morgan fingerprint density at radius 3 is 2.60 bits per heavy atom. The van der Waals surface area contributed by atoms with Gasteiger partial charge in [0.15, 0.2) is 0 Å². The van der Waals surface area contributed by atoms with E-state index in [1.54, 1.807) is 0 Å². The van der Waals surface area contributed by atoms with E-state index in [0.29, 0.717) is 13.1 Å². The summed E-state index contributed by atoms with van der Waals surface area (Å²) in [5.74, 6) is 0.0632. The number of hydrogen-bond acceptors (Lipinski definition) is 2. The zero-order valence-corrected chi connectivity index (χ0v) is 11.6. The molecule has 0 aromatic heterocycles. The summed E-state index contributed by atoms with van der Waals surface area (Å²) >= 11 is 0. The molecule has 0 aliphatic carbocycles. The summed E-state index contributed by atoms with van der Waals surface area (Å²) in [5, 5.41) is 3.72. The van der Waals surface area contributed by atoms with Crippen LogP contribution in [0.15, 0.2) is 41.0 Å². The van der Waals surface area contributed by atoms with Crippen molar-refractivity contribution < 1.29 is 4.79 Å². The summed E-state index contributed by atoms with van der Waals surface area (Å²) in [6, 6.07) is 9.84. The lowest BCUT2D eigenvalue weighted by atomic mass is 10.0. The highest BCUT2D eigenvalue weighted by Crippen LogP contribution is 2.17. The molecule has 0 saturated carbocycles. The molecule has 20 heavy (non-hydrogen) atoms. The Morgan fingerprint density at radius 1 is 1.35 bits per heavy atom. The van der Waals surface area contributed by atoms with E-state index >= 15 is 0 Å². The predicted octanol–water partition coefficient (Wildman–Crippen LogP) is 3.39. The van der Waals surface area contributed by atoms with Crippen LogP contribution in [0.5, 0.6) is 0 Å². The van der Waals surface area contributed by atoms with E-state index < -0.39 is 0 Å². The highest BCUT2D eigenvalue weighted by Gasteiger charge is 2.22. The third-order valence-corrected chi connectivity index (χ3v) is 3.49.